The predicted molar refractivity (Wildman–Crippen MR) is 87.8 cm³/mol. The second kappa shape index (κ2) is 8.59. The first-order valence-corrected chi connectivity index (χ1v) is 7.11. The molecule has 0 aliphatic rings. The molecule has 2 N–H and O–H groups in total. The lowest BCUT2D eigenvalue weighted by atomic mass is 10.1. The van der Waals surface area contributed by atoms with Crippen LogP contribution in [-0.2, 0) is 14.3 Å². The number of rotatable bonds is 8. The number of esters is 1. The SMILES string of the molecule is COCCN(CCC(=O)OC)c1cc(C)ccc1C(N)=S. The fourth-order valence-corrected chi connectivity index (χ4v) is 2.17. The van der Waals surface area contributed by atoms with Crippen molar-refractivity contribution in [2.24, 2.45) is 5.73 Å². The highest BCUT2D eigenvalue weighted by atomic mass is 32.1. The van der Waals surface area contributed by atoms with Gasteiger partial charge in [-0.25, -0.2) is 0 Å². The molecule has 1 rings (SSSR count). The van der Waals surface area contributed by atoms with E-state index < -0.39 is 0 Å². The number of nitrogens with two attached hydrogens (primary N) is 1. The summed E-state index contributed by atoms with van der Waals surface area (Å²) in [6.07, 6.45) is 0.297. The lowest BCUT2D eigenvalue weighted by Crippen LogP contribution is -2.32. The zero-order chi connectivity index (χ0) is 15.8. The number of hydrogen-bond acceptors (Lipinski definition) is 5. The van der Waals surface area contributed by atoms with Gasteiger partial charge in [0, 0.05) is 31.5 Å². The van der Waals surface area contributed by atoms with Crippen LogP contribution in [-0.4, -0.2) is 44.9 Å². The van der Waals surface area contributed by atoms with E-state index in [-0.39, 0.29) is 5.97 Å². The number of methoxy groups -OCH3 is 2. The Morgan fingerprint density at radius 1 is 1.33 bits per heavy atom. The van der Waals surface area contributed by atoms with Crippen molar-refractivity contribution in [2.75, 3.05) is 38.8 Å². The molecule has 0 aliphatic heterocycles. The lowest BCUT2D eigenvalue weighted by Gasteiger charge is -2.26. The fraction of sp³-hybridized carbons (Fsp3) is 0.467. The van der Waals surface area contributed by atoms with Gasteiger partial charge in [0.05, 0.1) is 20.1 Å². The van der Waals surface area contributed by atoms with E-state index in [0.29, 0.717) is 31.1 Å². The van der Waals surface area contributed by atoms with Gasteiger partial charge in [0.15, 0.2) is 0 Å². The quantitative estimate of drug-likeness (QED) is 0.582. The number of ether oxygens (including phenoxy) is 2. The van der Waals surface area contributed by atoms with Crippen molar-refractivity contribution in [3.05, 3.63) is 29.3 Å². The first-order chi connectivity index (χ1) is 9.99. The number of nitrogens with zero attached hydrogens (tertiary/aromatic N) is 1. The average molecular weight is 310 g/mol. The molecule has 1 aromatic carbocycles. The zero-order valence-electron chi connectivity index (χ0n) is 12.7. The summed E-state index contributed by atoms with van der Waals surface area (Å²) in [5, 5.41) is 0. The third-order valence-corrected chi connectivity index (χ3v) is 3.36. The minimum absolute atomic E-state index is 0.248. The normalized spacial score (nSPS) is 10.2. The molecule has 0 amide bonds. The Labute approximate surface area is 131 Å². The predicted octanol–water partition coefficient (Wildman–Crippen LogP) is 1.65. The molecule has 0 aliphatic carbocycles. The number of anilines is 1. The Kier molecular flexibility index (Phi) is 7.11. The van der Waals surface area contributed by atoms with Gasteiger partial charge < -0.3 is 20.1 Å². The van der Waals surface area contributed by atoms with Crippen molar-refractivity contribution >= 4 is 28.9 Å². The number of hydrogen-bond donors (Lipinski definition) is 1. The largest absolute Gasteiger partial charge is 0.469 e. The van der Waals surface area contributed by atoms with Crippen molar-refractivity contribution < 1.29 is 14.3 Å². The highest BCUT2D eigenvalue weighted by Gasteiger charge is 2.15. The van der Waals surface area contributed by atoms with Crippen molar-refractivity contribution in [1.82, 2.24) is 0 Å². The van der Waals surface area contributed by atoms with Gasteiger partial charge in [-0.1, -0.05) is 18.3 Å². The monoisotopic (exact) mass is 310 g/mol. The summed E-state index contributed by atoms with van der Waals surface area (Å²) in [6.45, 7) is 3.72. The summed E-state index contributed by atoms with van der Waals surface area (Å²) in [4.78, 5) is 13.8. The molecule has 0 fully saturated rings. The molecule has 116 valence electrons. The maximum atomic E-state index is 11.4. The first kappa shape index (κ1) is 17.4. The second-order valence-electron chi connectivity index (χ2n) is 4.69. The Hall–Kier alpha value is -1.66. The van der Waals surface area contributed by atoms with Crippen molar-refractivity contribution in [1.29, 1.82) is 0 Å². The number of carbonyl (C=O) groups excluding carboxylic acids is 1. The lowest BCUT2D eigenvalue weighted by molar-refractivity contribution is -0.140. The molecule has 0 spiro atoms. The van der Waals surface area contributed by atoms with Crippen LogP contribution in [0.2, 0.25) is 0 Å². The van der Waals surface area contributed by atoms with Gasteiger partial charge in [-0.15, -0.1) is 0 Å². The highest BCUT2D eigenvalue weighted by Crippen LogP contribution is 2.22. The highest BCUT2D eigenvalue weighted by molar-refractivity contribution is 7.80. The number of benzene rings is 1. The van der Waals surface area contributed by atoms with E-state index in [2.05, 4.69) is 0 Å². The van der Waals surface area contributed by atoms with Gasteiger partial charge >= 0.3 is 5.97 Å². The van der Waals surface area contributed by atoms with Crippen LogP contribution in [0.3, 0.4) is 0 Å². The number of aryl methyl sites for hydroxylation is 1. The standard InChI is InChI=1S/C15H22N2O3S/c1-11-4-5-12(15(16)21)13(10-11)17(8-9-19-2)7-6-14(18)20-3/h4-5,10H,6-9H2,1-3H3,(H2,16,21). The van der Waals surface area contributed by atoms with Crippen molar-refractivity contribution in [3.8, 4) is 0 Å². The molecule has 0 radical (unpaired) electrons. The molecule has 1 aromatic rings. The molecule has 0 saturated carbocycles. The van der Waals surface area contributed by atoms with E-state index in [0.717, 1.165) is 16.8 Å². The van der Waals surface area contributed by atoms with Gasteiger partial charge in [-0.2, -0.15) is 0 Å². The molecule has 0 heterocycles. The molecule has 0 saturated heterocycles. The van der Waals surface area contributed by atoms with Gasteiger partial charge in [0.1, 0.15) is 4.99 Å². The van der Waals surface area contributed by atoms with Crippen LogP contribution >= 0.6 is 12.2 Å². The van der Waals surface area contributed by atoms with E-state index in [1.54, 1.807) is 7.11 Å². The summed E-state index contributed by atoms with van der Waals surface area (Å²) < 4.78 is 9.83. The van der Waals surface area contributed by atoms with Gasteiger partial charge in [-0.3, -0.25) is 4.79 Å². The van der Waals surface area contributed by atoms with Crippen LogP contribution in [0.15, 0.2) is 18.2 Å². The third kappa shape index (κ3) is 5.32. The summed E-state index contributed by atoms with van der Waals surface area (Å²) in [5.41, 5.74) is 8.62. The Morgan fingerprint density at radius 3 is 2.62 bits per heavy atom. The van der Waals surface area contributed by atoms with Crippen LogP contribution in [0.5, 0.6) is 0 Å². The molecule has 0 aromatic heterocycles. The molecule has 6 heteroatoms. The summed E-state index contributed by atoms with van der Waals surface area (Å²) in [5.74, 6) is -0.248. The van der Waals surface area contributed by atoms with E-state index in [1.165, 1.54) is 7.11 Å². The van der Waals surface area contributed by atoms with E-state index in [9.17, 15) is 4.79 Å². The van der Waals surface area contributed by atoms with E-state index in [1.807, 2.05) is 30.0 Å². The molecule has 0 unspecified atom stereocenters. The fourth-order valence-electron chi connectivity index (χ4n) is 1.99. The van der Waals surface area contributed by atoms with E-state index >= 15 is 0 Å². The minimum atomic E-state index is -0.248. The van der Waals surface area contributed by atoms with Crippen LogP contribution in [0.1, 0.15) is 17.5 Å². The Morgan fingerprint density at radius 2 is 2.05 bits per heavy atom. The van der Waals surface area contributed by atoms with Crippen LogP contribution in [0.25, 0.3) is 0 Å². The maximum Gasteiger partial charge on any atom is 0.307 e. The summed E-state index contributed by atoms with van der Waals surface area (Å²) >= 11 is 5.11. The Bertz CT molecular complexity index is 506. The maximum absolute atomic E-state index is 11.4. The molecular formula is C15H22N2O3S. The van der Waals surface area contributed by atoms with Crippen molar-refractivity contribution in [2.45, 2.75) is 13.3 Å². The molecule has 21 heavy (non-hydrogen) atoms. The van der Waals surface area contributed by atoms with Crippen molar-refractivity contribution in [3.63, 3.8) is 0 Å². The van der Waals surface area contributed by atoms with Crippen LogP contribution in [0, 0.1) is 6.92 Å². The Balaban J connectivity index is 3.03. The average Bonchev–Trinajstić information content (AvgIpc) is 2.46. The molecule has 5 nitrogen and oxygen atoms in total. The summed E-state index contributed by atoms with van der Waals surface area (Å²) in [7, 11) is 3.03. The molecule has 0 atom stereocenters. The van der Waals surface area contributed by atoms with Crippen LogP contribution < -0.4 is 10.6 Å². The van der Waals surface area contributed by atoms with Crippen LogP contribution in [0.4, 0.5) is 5.69 Å². The second-order valence-corrected chi connectivity index (χ2v) is 5.13. The van der Waals surface area contributed by atoms with Gasteiger partial charge in [0.2, 0.25) is 0 Å². The van der Waals surface area contributed by atoms with E-state index in [4.69, 9.17) is 27.4 Å². The number of carbonyl (C=O) groups is 1. The van der Waals surface area contributed by atoms with Gasteiger partial charge in [0.25, 0.3) is 0 Å². The first-order valence-electron chi connectivity index (χ1n) is 6.70. The molecule has 0 bridgehead atoms. The number of thiocarbonyl (C=S) groups is 1. The topological polar surface area (TPSA) is 64.8 Å². The smallest absolute Gasteiger partial charge is 0.307 e. The molecular weight excluding hydrogens is 288 g/mol. The third-order valence-electron chi connectivity index (χ3n) is 3.14. The zero-order valence-corrected chi connectivity index (χ0v) is 13.5. The minimum Gasteiger partial charge on any atom is -0.469 e. The van der Waals surface area contributed by atoms with Gasteiger partial charge in [-0.05, 0) is 24.6 Å². The summed E-state index contributed by atoms with van der Waals surface area (Å²) in [6, 6.07) is 5.89.